The zero-order valence-electron chi connectivity index (χ0n) is 15.9. The van der Waals surface area contributed by atoms with E-state index in [0.29, 0.717) is 18.9 Å². The van der Waals surface area contributed by atoms with Crippen LogP contribution in [-0.4, -0.2) is 36.1 Å². The summed E-state index contributed by atoms with van der Waals surface area (Å²) < 4.78 is 38.3. The van der Waals surface area contributed by atoms with Gasteiger partial charge in [0.15, 0.2) is 0 Å². The molecule has 3 aromatic rings. The molecule has 150 valence electrons. The van der Waals surface area contributed by atoms with Crippen molar-refractivity contribution in [3.8, 4) is 0 Å². The maximum Gasteiger partial charge on any atom is 0.417 e. The number of hydrogen-bond donors (Lipinski definition) is 0. The second-order valence-electron chi connectivity index (χ2n) is 7.15. The summed E-state index contributed by atoms with van der Waals surface area (Å²) >= 11 is 0. The van der Waals surface area contributed by atoms with Crippen LogP contribution in [0.25, 0.3) is 0 Å². The molecule has 1 aromatic heterocycles. The molecular formula is C23H22F3N3. The van der Waals surface area contributed by atoms with Gasteiger partial charge in [-0.05, 0) is 23.3 Å². The monoisotopic (exact) mass is 397 g/mol. The molecule has 0 radical (unpaired) electrons. The Morgan fingerprint density at radius 1 is 0.724 bits per heavy atom. The molecule has 0 bridgehead atoms. The van der Waals surface area contributed by atoms with Gasteiger partial charge in [0, 0.05) is 32.4 Å². The van der Waals surface area contributed by atoms with E-state index in [4.69, 9.17) is 0 Å². The average Bonchev–Trinajstić information content (AvgIpc) is 2.76. The number of nitrogens with zero attached hydrogens (tertiary/aromatic N) is 3. The summed E-state index contributed by atoms with van der Waals surface area (Å²) in [6, 6.07) is 23.5. The van der Waals surface area contributed by atoms with Crippen molar-refractivity contribution in [3.63, 3.8) is 0 Å². The van der Waals surface area contributed by atoms with Crippen molar-refractivity contribution >= 4 is 5.82 Å². The van der Waals surface area contributed by atoms with E-state index in [2.05, 4.69) is 34.1 Å². The molecule has 1 aliphatic heterocycles. The maximum atomic E-state index is 12.8. The lowest BCUT2D eigenvalue weighted by atomic mass is 9.96. The summed E-state index contributed by atoms with van der Waals surface area (Å²) in [5, 5.41) is 0. The van der Waals surface area contributed by atoms with Crippen LogP contribution in [-0.2, 0) is 6.18 Å². The van der Waals surface area contributed by atoms with Crippen molar-refractivity contribution < 1.29 is 13.2 Å². The Morgan fingerprint density at radius 2 is 1.28 bits per heavy atom. The first-order valence-electron chi connectivity index (χ1n) is 9.64. The van der Waals surface area contributed by atoms with Gasteiger partial charge in [0.2, 0.25) is 0 Å². The van der Waals surface area contributed by atoms with E-state index in [1.165, 1.54) is 17.2 Å². The van der Waals surface area contributed by atoms with Gasteiger partial charge in [-0.3, -0.25) is 4.90 Å². The van der Waals surface area contributed by atoms with Crippen LogP contribution in [0.15, 0.2) is 79.0 Å². The van der Waals surface area contributed by atoms with Gasteiger partial charge in [0.05, 0.1) is 11.6 Å². The maximum absolute atomic E-state index is 12.8. The summed E-state index contributed by atoms with van der Waals surface area (Å²) in [6.07, 6.45) is -3.44. The summed E-state index contributed by atoms with van der Waals surface area (Å²) in [5.41, 5.74) is 1.76. The van der Waals surface area contributed by atoms with Gasteiger partial charge in [-0.1, -0.05) is 60.7 Å². The van der Waals surface area contributed by atoms with Gasteiger partial charge in [-0.2, -0.15) is 13.2 Å². The Hall–Kier alpha value is -2.86. The molecule has 4 rings (SSSR count). The second-order valence-corrected chi connectivity index (χ2v) is 7.15. The van der Waals surface area contributed by atoms with Crippen LogP contribution in [0.2, 0.25) is 0 Å². The van der Waals surface area contributed by atoms with Gasteiger partial charge >= 0.3 is 6.18 Å². The average molecular weight is 397 g/mol. The number of aromatic nitrogens is 1. The molecule has 0 amide bonds. The van der Waals surface area contributed by atoms with E-state index in [1.807, 2.05) is 41.3 Å². The molecule has 3 nitrogen and oxygen atoms in total. The lowest BCUT2D eigenvalue weighted by Gasteiger charge is -2.40. The van der Waals surface area contributed by atoms with E-state index < -0.39 is 11.7 Å². The van der Waals surface area contributed by atoms with E-state index in [1.54, 1.807) is 0 Å². The zero-order valence-corrected chi connectivity index (χ0v) is 15.9. The number of benzene rings is 2. The van der Waals surface area contributed by atoms with Crippen molar-refractivity contribution in [2.24, 2.45) is 0 Å². The lowest BCUT2D eigenvalue weighted by molar-refractivity contribution is -0.137. The van der Waals surface area contributed by atoms with Crippen molar-refractivity contribution in [2.75, 3.05) is 31.1 Å². The number of anilines is 1. The lowest BCUT2D eigenvalue weighted by Crippen LogP contribution is -2.48. The molecule has 0 saturated carbocycles. The van der Waals surface area contributed by atoms with Crippen LogP contribution in [0.4, 0.5) is 19.0 Å². The van der Waals surface area contributed by atoms with Crippen LogP contribution in [0.1, 0.15) is 22.7 Å². The van der Waals surface area contributed by atoms with Gasteiger partial charge in [0.1, 0.15) is 5.82 Å². The highest BCUT2D eigenvalue weighted by Gasteiger charge is 2.31. The highest BCUT2D eigenvalue weighted by atomic mass is 19.4. The fourth-order valence-corrected chi connectivity index (χ4v) is 3.83. The van der Waals surface area contributed by atoms with Crippen molar-refractivity contribution in [2.45, 2.75) is 12.2 Å². The molecular weight excluding hydrogens is 375 g/mol. The summed E-state index contributed by atoms with van der Waals surface area (Å²) in [4.78, 5) is 8.51. The van der Waals surface area contributed by atoms with Crippen molar-refractivity contribution in [3.05, 3.63) is 95.7 Å². The number of halogens is 3. The minimum Gasteiger partial charge on any atom is -0.354 e. The first-order chi connectivity index (χ1) is 14.0. The van der Waals surface area contributed by atoms with Gasteiger partial charge in [-0.25, -0.2) is 4.98 Å². The topological polar surface area (TPSA) is 19.4 Å². The molecule has 2 aromatic carbocycles. The highest BCUT2D eigenvalue weighted by Crippen LogP contribution is 2.31. The number of hydrogen-bond acceptors (Lipinski definition) is 3. The number of pyridine rings is 1. The summed E-state index contributed by atoms with van der Waals surface area (Å²) in [6.45, 7) is 3.04. The fraction of sp³-hybridized carbons (Fsp3) is 0.261. The normalized spacial score (nSPS) is 15.7. The molecule has 0 N–H and O–H groups in total. The van der Waals surface area contributed by atoms with Gasteiger partial charge < -0.3 is 4.90 Å². The Labute approximate surface area is 168 Å². The van der Waals surface area contributed by atoms with Crippen LogP contribution < -0.4 is 4.90 Å². The smallest absolute Gasteiger partial charge is 0.354 e. The molecule has 1 fully saturated rings. The molecule has 0 unspecified atom stereocenters. The predicted molar refractivity (Wildman–Crippen MR) is 108 cm³/mol. The molecule has 1 saturated heterocycles. The Morgan fingerprint density at radius 3 is 1.72 bits per heavy atom. The van der Waals surface area contributed by atoms with Crippen molar-refractivity contribution in [1.82, 2.24) is 9.88 Å². The first kappa shape index (κ1) is 19.5. The van der Waals surface area contributed by atoms with Crippen LogP contribution >= 0.6 is 0 Å². The molecule has 0 spiro atoms. The van der Waals surface area contributed by atoms with Gasteiger partial charge in [0.25, 0.3) is 0 Å². The highest BCUT2D eigenvalue weighted by molar-refractivity contribution is 5.41. The SMILES string of the molecule is FC(F)(F)c1ccc(N2CCN(C(c3ccccc3)c3ccccc3)CC2)nc1. The molecule has 0 aliphatic carbocycles. The second kappa shape index (κ2) is 8.25. The standard InChI is InChI=1S/C23H22F3N3/c24-23(25,26)20-11-12-21(27-17-20)28-13-15-29(16-14-28)22(18-7-3-1-4-8-18)19-9-5-2-6-10-19/h1-12,17,22H,13-16H2. The number of alkyl halides is 3. The van der Waals surface area contributed by atoms with E-state index >= 15 is 0 Å². The van der Waals surface area contributed by atoms with Gasteiger partial charge in [-0.15, -0.1) is 0 Å². The minimum absolute atomic E-state index is 0.153. The largest absolute Gasteiger partial charge is 0.417 e. The first-order valence-corrected chi connectivity index (χ1v) is 9.64. The third-order valence-electron chi connectivity index (χ3n) is 5.31. The Kier molecular flexibility index (Phi) is 5.53. The number of rotatable bonds is 4. The molecule has 1 aliphatic rings. The fourth-order valence-electron chi connectivity index (χ4n) is 3.83. The molecule has 6 heteroatoms. The van der Waals surface area contributed by atoms with Crippen LogP contribution in [0.5, 0.6) is 0 Å². The molecule has 0 atom stereocenters. The van der Waals surface area contributed by atoms with Crippen LogP contribution in [0.3, 0.4) is 0 Å². The van der Waals surface area contributed by atoms with Crippen LogP contribution in [0, 0.1) is 0 Å². The Bertz CT molecular complexity index is 864. The predicted octanol–water partition coefficient (Wildman–Crippen LogP) is 5.01. The minimum atomic E-state index is -4.36. The third-order valence-corrected chi connectivity index (χ3v) is 5.31. The van der Waals surface area contributed by atoms with Crippen molar-refractivity contribution in [1.29, 1.82) is 0 Å². The summed E-state index contributed by atoms with van der Waals surface area (Å²) in [7, 11) is 0. The zero-order chi connectivity index (χ0) is 20.3. The third kappa shape index (κ3) is 4.43. The Balaban J connectivity index is 1.50. The van der Waals surface area contributed by atoms with E-state index in [9.17, 15) is 13.2 Å². The summed E-state index contributed by atoms with van der Waals surface area (Å²) in [5.74, 6) is 0.591. The molecule has 2 heterocycles. The van der Waals surface area contributed by atoms with E-state index in [-0.39, 0.29) is 6.04 Å². The quantitative estimate of drug-likeness (QED) is 0.617. The molecule has 29 heavy (non-hydrogen) atoms. The van der Waals surface area contributed by atoms with E-state index in [0.717, 1.165) is 25.4 Å². The number of piperazine rings is 1.